The summed E-state index contributed by atoms with van der Waals surface area (Å²) >= 11 is 1.51. The summed E-state index contributed by atoms with van der Waals surface area (Å²) in [7, 11) is 0. The van der Waals surface area contributed by atoms with Crippen molar-refractivity contribution in [2.75, 3.05) is 0 Å². The molecule has 0 aliphatic heterocycles. The maximum atomic E-state index is 11.8. The normalized spacial score (nSPS) is 11.8. The monoisotopic (exact) mass is 411 g/mol. The molecule has 0 atom stereocenters. The first-order valence-electron chi connectivity index (χ1n) is 10.4. The number of amides is 1. The molecule has 2 rings (SSSR count). The number of hydrogen-bond acceptors (Lipinski definition) is 3. The predicted molar refractivity (Wildman–Crippen MR) is 123 cm³/mol. The molecule has 0 unspecified atom stereocenters. The van der Waals surface area contributed by atoms with E-state index in [0.717, 1.165) is 29.5 Å². The van der Waals surface area contributed by atoms with E-state index in [-0.39, 0.29) is 11.3 Å². The molecule has 1 aromatic heterocycles. The zero-order valence-corrected chi connectivity index (χ0v) is 19.3. The van der Waals surface area contributed by atoms with E-state index >= 15 is 0 Å². The van der Waals surface area contributed by atoms with Gasteiger partial charge in [-0.15, -0.1) is 11.3 Å². The second-order valence-electron chi connectivity index (χ2n) is 7.79. The van der Waals surface area contributed by atoms with Crippen molar-refractivity contribution < 1.29 is 9.90 Å². The Balaban J connectivity index is 2.53. The van der Waals surface area contributed by atoms with Crippen LogP contribution >= 0.6 is 11.3 Å². The van der Waals surface area contributed by atoms with E-state index in [1.165, 1.54) is 21.8 Å². The third-order valence-electron chi connectivity index (χ3n) is 6.20. The van der Waals surface area contributed by atoms with Gasteiger partial charge in [0, 0.05) is 15.9 Å². The second-order valence-corrected chi connectivity index (χ2v) is 8.85. The highest BCUT2D eigenvalue weighted by molar-refractivity contribution is 7.14. The number of nitrogens with two attached hydrogens (primary N) is 1. The first-order valence-corrected chi connectivity index (χ1v) is 11.2. The lowest BCUT2D eigenvalue weighted by atomic mass is 9.74. The Bertz CT molecular complexity index is 937. The van der Waals surface area contributed by atoms with Crippen molar-refractivity contribution in [3.63, 3.8) is 0 Å². The van der Waals surface area contributed by atoms with Crippen LogP contribution < -0.4 is 5.73 Å². The summed E-state index contributed by atoms with van der Waals surface area (Å²) in [5.41, 5.74) is 8.68. The minimum atomic E-state index is -0.929. The Hall–Kier alpha value is -2.09. The van der Waals surface area contributed by atoms with Crippen LogP contribution in [0.2, 0.25) is 0 Å². The van der Waals surface area contributed by atoms with E-state index in [9.17, 15) is 9.90 Å². The number of primary amides is 1. The standard InChI is InChI=1S/C25H33NO2S/c1-7-24(28,8-2)14-13-19-11-12-20(15-17(19)5)25(9-3,10-4)21-16-18(6)22(29-21)23(26)27/h11-12,15-16,28H,7-10H2,1-6H3,(H2,26,27). The highest BCUT2D eigenvalue weighted by atomic mass is 32.1. The van der Waals surface area contributed by atoms with Crippen molar-refractivity contribution in [3.05, 3.63) is 56.3 Å². The average molecular weight is 412 g/mol. The summed E-state index contributed by atoms with van der Waals surface area (Å²) in [4.78, 5) is 13.6. The highest BCUT2D eigenvalue weighted by Crippen LogP contribution is 2.43. The van der Waals surface area contributed by atoms with Crippen LogP contribution in [-0.2, 0) is 5.41 Å². The molecule has 1 aromatic carbocycles. The molecule has 0 spiro atoms. The van der Waals surface area contributed by atoms with Gasteiger partial charge in [-0.25, -0.2) is 0 Å². The van der Waals surface area contributed by atoms with Crippen LogP contribution in [0.15, 0.2) is 24.3 Å². The molecule has 0 fully saturated rings. The van der Waals surface area contributed by atoms with E-state index in [1.807, 2.05) is 20.8 Å². The molecule has 3 nitrogen and oxygen atoms in total. The maximum Gasteiger partial charge on any atom is 0.259 e. The zero-order chi connectivity index (χ0) is 21.8. The lowest BCUT2D eigenvalue weighted by Crippen LogP contribution is -2.25. The van der Waals surface area contributed by atoms with Crippen molar-refractivity contribution in [3.8, 4) is 11.8 Å². The molecule has 2 aromatic rings. The van der Waals surface area contributed by atoms with Gasteiger partial charge in [0.05, 0.1) is 4.88 Å². The van der Waals surface area contributed by atoms with Gasteiger partial charge in [-0.1, -0.05) is 51.7 Å². The van der Waals surface area contributed by atoms with Gasteiger partial charge < -0.3 is 10.8 Å². The van der Waals surface area contributed by atoms with Crippen LogP contribution in [-0.4, -0.2) is 16.6 Å². The summed E-state index contributed by atoms with van der Waals surface area (Å²) in [6.07, 6.45) is 3.08. The zero-order valence-electron chi connectivity index (χ0n) is 18.5. The van der Waals surface area contributed by atoms with Gasteiger partial charge in [-0.2, -0.15) is 0 Å². The summed E-state index contributed by atoms with van der Waals surface area (Å²) < 4.78 is 0. The molecule has 29 heavy (non-hydrogen) atoms. The molecule has 0 aliphatic rings. The van der Waals surface area contributed by atoms with Gasteiger partial charge in [0.1, 0.15) is 5.60 Å². The van der Waals surface area contributed by atoms with Crippen LogP contribution in [0.4, 0.5) is 0 Å². The van der Waals surface area contributed by atoms with Crippen LogP contribution in [0.25, 0.3) is 0 Å². The van der Waals surface area contributed by atoms with Crippen LogP contribution in [0.5, 0.6) is 0 Å². The minimum absolute atomic E-state index is 0.159. The summed E-state index contributed by atoms with van der Waals surface area (Å²) in [5.74, 6) is 5.87. The number of carbonyl (C=O) groups excluding carboxylic acids is 1. The average Bonchev–Trinajstić information content (AvgIpc) is 3.10. The fourth-order valence-electron chi connectivity index (χ4n) is 3.82. The second kappa shape index (κ2) is 9.15. The summed E-state index contributed by atoms with van der Waals surface area (Å²) in [6, 6.07) is 8.51. The molecule has 1 amide bonds. The molecule has 0 saturated carbocycles. The summed E-state index contributed by atoms with van der Waals surface area (Å²) in [5, 5.41) is 10.5. The van der Waals surface area contributed by atoms with E-state index < -0.39 is 5.60 Å². The number of hydrogen-bond donors (Lipinski definition) is 2. The van der Waals surface area contributed by atoms with Crippen molar-refractivity contribution in [2.24, 2.45) is 5.73 Å². The van der Waals surface area contributed by atoms with Crippen molar-refractivity contribution in [1.29, 1.82) is 0 Å². The fraction of sp³-hybridized carbons (Fsp3) is 0.480. The van der Waals surface area contributed by atoms with Crippen molar-refractivity contribution in [1.82, 2.24) is 0 Å². The highest BCUT2D eigenvalue weighted by Gasteiger charge is 2.33. The van der Waals surface area contributed by atoms with Crippen molar-refractivity contribution in [2.45, 2.75) is 78.2 Å². The van der Waals surface area contributed by atoms with Crippen LogP contribution in [0.1, 0.15) is 90.2 Å². The number of thiophene rings is 1. The number of aryl methyl sites for hydroxylation is 2. The van der Waals surface area contributed by atoms with Gasteiger partial charge in [0.15, 0.2) is 0 Å². The Kier molecular flexibility index (Phi) is 7.32. The molecule has 4 heteroatoms. The van der Waals surface area contributed by atoms with Gasteiger partial charge >= 0.3 is 0 Å². The lowest BCUT2D eigenvalue weighted by Gasteiger charge is -2.32. The number of rotatable bonds is 7. The van der Waals surface area contributed by atoms with Crippen molar-refractivity contribution >= 4 is 17.2 Å². The van der Waals surface area contributed by atoms with Gasteiger partial charge in [-0.3, -0.25) is 4.79 Å². The molecular weight excluding hydrogens is 378 g/mol. The lowest BCUT2D eigenvalue weighted by molar-refractivity contribution is 0.0931. The quantitative estimate of drug-likeness (QED) is 0.593. The Morgan fingerprint density at radius 1 is 1.03 bits per heavy atom. The molecular formula is C25H33NO2S. The van der Waals surface area contributed by atoms with Crippen LogP contribution in [0.3, 0.4) is 0 Å². The fourth-order valence-corrected chi connectivity index (χ4v) is 5.20. The Labute approximate surface area is 179 Å². The smallest absolute Gasteiger partial charge is 0.259 e. The Morgan fingerprint density at radius 2 is 1.66 bits per heavy atom. The van der Waals surface area contributed by atoms with E-state index in [0.29, 0.717) is 17.7 Å². The topological polar surface area (TPSA) is 63.3 Å². The van der Waals surface area contributed by atoms with E-state index in [1.54, 1.807) is 0 Å². The molecule has 0 saturated heterocycles. The molecule has 0 bridgehead atoms. The number of aliphatic hydroxyl groups is 1. The van der Waals surface area contributed by atoms with E-state index in [4.69, 9.17) is 5.73 Å². The maximum absolute atomic E-state index is 11.8. The van der Waals surface area contributed by atoms with Crippen LogP contribution in [0, 0.1) is 25.7 Å². The number of benzene rings is 1. The Morgan fingerprint density at radius 3 is 2.10 bits per heavy atom. The van der Waals surface area contributed by atoms with Gasteiger partial charge in [-0.05, 0) is 68.4 Å². The largest absolute Gasteiger partial charge is 0.378 e. The minimum Gasteiger partial charge on any atom is -0.378 e. The first-order chi connectivity index (χ1) is 13.7. The molecule has 156 valence electrons. The molecule has 3 N–H and O–H groups in total. The molecule has 0 aliphatic carbocycles. The molecule has 0 radical (unpaired) electrons. The third-order valence-corrected chi connectivity index (χ3v) is 7.65. The predicted octanol–water partition coefficient (Wildman–Crippen LogP) is 5.47. The number of carbonyl (C=O) groups is 1. The van der Waals surface area contributed by atoms with Gasteiger partial charge in [0.25, 0.3) is 5.91 Å². The summed E-state index contributed by atoms with van der Waals surface area (Å²) in [6.45, 7) is 12.3. The van der Waals surface area contributed by atoms with E-state index in [2.05, 4.69) is 56.9 Å². The van der Waals surface area contributed by atoms with Gasteiger partial charge in [0.2, 0.25) is 0 Å². The first kappa shape index (κ1) is 23.2. The SMILES string of the molecule is CCC(O)(C#Cc1ccc(C(CC)(CC)c2cc(C)c(C(N)=O)s2)cc1C)CC. The third kappa shape index (κ3) is 4.57. The molecule has 1 heterocycles.